The second-order valence-electron chi connectivity index (χ2n) is 4.99. The van der Waals surface area contributed by atoms with Crippen LogP contribution < -0.4 is 0 Å². The van der Waals surface area contributed by atoms with Crippen LogP contribution in [0.25, 0.3) is 0 Å². The molecule has 0 radical (unpaired) electrons. The maximum Gasteiger partial charge on any atom is 0.446 e. The normalized spacial score (nSPS) is 25.5. The first-order chi connectivity index (χ1) is 10.2. The van der Waals surface area contributed by atoms with Crippen LogP contribution in [0, 0.1) is 11.8 Å². The molecule has 0 bridgehead atoms. The molecule has 11 heteroatoms. The molecule has 130 valence electrons. The van der Waals surface area contributed by atoms with Crippen molar-refractivity contribution >= 4 is 18.0 Å². The Labute approximate surface area is 127 Å². The quantitative estimate of drug-likeness (QED) is 0.239. The van der Waals surface area contributed by atoms with Crippen molar-refractivity contribution < 1.29 is 46.8 Å². The lowest BCUT2D eigenvalue weighted by Crippen LogP contribution is -2.47. The van der Waals surface area contributed by atoms with Crippen molar-refractivity contribution in [3.05, 3.63) is 0 Å². The average molecular weight is 352 g/mol. The van der Waals surface area contributed by atoms with Crippen molar-refractivity contribution in [2.45, 2.75) is 36.9 Å². The number of aliphatic hydroxyl groups excluding tert-OH is 1. The Morgan fingerprint density at radius 3 is 2.14 bits per heavy atom. The predicted molar refractivity (Wildman–Crippen MR) is 65.8 cm³/mol. The molecule has 6 nitrogen and oxygen atoms in total. The van der Waals surface area contributed by atoms with Gasteiger partial charge in [0.15, 0.2) is 0 Å². The van der Waals surface area contributed by atoms with E-state index >= 15 is 0 Å². The van der Waals surface area contributed by atoms with Crippen LogP contribution in [0.15, 0.2) is 0 Å². The van der Waals surface area contributed by atoms with Gasteiger partial charge in [0, 0.05) is 6.61 Å². The molecule has 22 heavy (non-hydrogen) atoms. The number of alkyl halides is 4. The van der Waals surface area contributed by atoms with Crippen LogP contribution in [-0.2, 0) is 18.9 Å². The molecule has 0 aromatic rings. The van der Waals surface area contributed by atoms with E-state index in [0.717, 1.165) is 0 Å². The number of halogens is 4. The maximum atomic E-state index is 13.8. The molecule has 1 fully saturated rings. The Balaban J connectivity index is 2.54. The van der Waals surface area contributed by atoms with Gasteiger partial charge in [-0.2, -0.15) is 13.2 Å². The van der Waals surface area contributed by atoms with E-state index in [4.69, 9.17) is 10.4 Å². The number of hydrogen-bond acceptors (Lipinski definition) is 7. The van der Waals surface area contributed by atoms with Crippen LogP contribution in [0.1, 0.15) is 25.7 Å². The van der Waals surface area contributed by atoms with Gasteiger partial charge in [0.2, 0.25) is 0 Å². The summed E-state index contributed by atoms with van der Waals surface area (Å²) in [6, 6.07) is 0. The molecule has 0 saturated heterocycles. The number of carbonyl (C=O) groups is 1. The van der Waals surface area contributed by atoms with E-state index in [1.807, 2.05) is 0 Å². The molecular formula is C11H16F4O6S. The Kier molecular flexibility index (Phi) is 7.32. The Hall–Kier alpha value is -0.620. The van der Waals surface area contributed by atoms with E-state index in [1.165, 1.54) is 0 Å². The molecule has 0 aliphatic heterocycles. The van der Waals surface area contributed by atoms with Crippen LogP contribution >= 0.6 is 12.0 Å². The lowest BCUT2D eigenvalue weighted by atomic mass is 9.83. The van der Waals surface area contributed by atoms with E-state index in [0.29, 0.717) is 25.7 Å². The molecule has 2 N–H and O–H groups in total. The largest absolute Gasteiger partial charge is 0.462 e. The standard InChI is InChI=1S/C11H16F4O6S/c12-10(11(13,14)15,22-21-20-18)9(17)19-6-8-3-1-7(5-16)2-4-8/h7-8,16,18H,1-6H2. The minimum atomic E-state index is -5.61. The van der Waals surface area contributed by atoms with Gasteiger partial charge in [-0.15, -0.1) is 4.33 Å². The second kappa shape index (κ2) is 8.29. The smallest absolute Gasteiger partial charge is 0.446 e. The number of ether oxygens (including phenoxy) is 1. The van der Waals surface area contributed by atoms with Crippen LogP contribution in [0.3, 0.4) is 0 Å². The van der Waals surface area contributed by atoms with E-state index in [-0.39, 0.29) is 25.0 Å². The highest BCUT2D eigenvalue weighted by atomic mass is 32.2. The molecule has 0 aromatic carbocycles. The molecule has 1 aliphatic carbocycles. The number of esters is 1. The van der Waals surface area contributed by atoms with Gasteiger partial charge < -0.3 is 9.84 Å². The molecule has 1 rings (SSSR count). The fourth-order valence-electron chi connectivity index (χ4n) is 2.13. The molecule has 0 amide bonds. The summed E-state index contributed by atoms with van der Waals surface area (Å²) in [7, 11) is 0. The van der Waals surface area contributed by atoms with E-state index in [9.17, 15) is 22.4 Å². The zero-order valence-electron chi connectivity index (χ0n) is 11.3. The van der Waals surface area contributed by atoms with Crippen molar-refractivity contribution in [1.29, 1.82) is 0 Å². The molecule has 1 aliphatic rings. The summed E-state index contributed by atoms with van der Waals surface area (Å²) in [5.41, 5.74) is 0. The molecule has 0 aromatic heterocycles. The number of rotatable bonds is 7. The SMILES string of the molecule is O=C(OCC1CCC(CO)CC1)C(F)(SOOO)C(F)(F)F. The van der Waals surface area contributed by atoms with Crippen molar-refractivity contribution in [1.82, 2.24) is 0 Å². The molecule has 1 unspecified atom stereocenters. The van der Waals surface area contributed by atoms with Crippen molar-refractivity contribution in [3.63, 3.8) is 0 Å². The van der Waals surface area contributed by atoms with Gasteiger partial charge in [-0.1, -0.05) is 5.04 Å². The zero-order valence-corrected chi connectivity index (χ0v) is 12.2. The Bertz CT molecular complexity index is 361. The first-order valence-corrected chi connectivity index (χ1v) is 7.18. The summed E-state index contributed by atoms with van der Waals surface area (Å²) in [5, 5.41) is 15.2. The summed E-state index contributed by atoms with van der Waals surface area (Å²) >= 11 is -1.04. The van der Waals surface area contributed by atoms with E-state index < -0.39 is 29.2 Å². The Morgan fingerprint density at radius 2 is 1.68 bits per heavy atom. The molecule has 1 atom stereocenters. The summed E-state index contributed by atoms with van der Waals surface area (Å²) in [6.07, 6.45) is -3.16. The first kappa shape index (κ1) is 19.4. The minimum absolute atomic E-state index is 0.0311. The fourth-order valence-corrected chi connectivity index (χ4v) is 2.47. The summed E-state index contributed by atoms with van der Waals surface area (Å²) in [6.45, 7) is -0.331. The van der Waals surface area contributed by atoms with E-state index in [2.05, 4.69) is 14.1 Å². The molecule has 1 saturated carbocycles. The first-order valence-electron chi connectivity index (χ1n) is 6.44. The number of aliphatic hydroxyl groups is 1. The lowest BCUT2D eigenvalue weighted by Gasteiger charge is -2.28. The van der Waals surface area contributed by atoms with Crippen molar-refractivity contribution in [3.8, 4) is 0 Å². The van der Waals surface area contributed by atoms with Crippen LogP contribution in [-0.4, -0.2) is 40.7 Å². The van der Waals surface area contributed by atoms with E-state index in [1.54, 1.807) is 0 Å². The third-order valence-corrected chi connectivity index (χ3v) is 4.24. The fraction of sp³-hybridized carbons (Fsp3) is 0.909. The highest BCUT2D eigenvalue weighted by Crippen LogP contribution is 2.44. The highest BCUT2D eigenvalue weighted by molar-refractivity contribution is 7.96. The van der Waals surface area contributed by atoms with Gasteiger partial charge in [-0.25, -0.2) is 14.4 Å². The van der Waals surface area contributed by atoms with Gasteiger partial charge in [0.05, 0.1) is 18.6 Å². The third kappa shape index (κ3) is 4.95. The Morgan fingerprint density at radius 1 is 1.14 bits per heavy atom. The van der Waals surface area contributed by atoms with Crippen molar-refractivity contribution in [2.24, 2.45) is 11.8 Å². The highest BCUT2D eigenvalue weighted by Gasteiger charge is 2.66. The monoisotopic (exact) mass is 352 g/mol. The topological polar surface area (TPSA) is 85.2 Å². The van der Waals surface area contributed by atoms with Gasteiger partial charge in [-0.3, -0.25) is 0 Å². The van der Waals surface area contributed by atoms with Crippen LogP contribution in [0.2, 0.25) is 0 Å². The van der Waals surface area contributed by atoms with Gasteiger partial charge in [-0.05, 0) is 37.5 Å². The predicted octanol–water partition coefficient (Wildman–Crippen LogP) is 2.63. The molecule has 0 heterocycles. The van der Waals surface area contributed by atoms with Gasteiger partial charge >= 0.3 is 17.1 Å². The number of hydrogen-bond donors (Lipinski definition) is 2. The molecule has 0 spiro atoms. The average Bonchev–Trinajstić information content (AvgIpc) is 2.49. The summed E-state index contributed by atoms with van der Waals surface area (Å²) in [4.78, 5) is 11.4. The maximum absolute atomic E-state index is 13.8. The molecular weight excluding hydrogens is 336 g/mol. The minimum Gasteiger partial charge on any atom is -0.462 e. The van der Waals surface area contributed by atoms with Gasteiger partial charge in [0.25, 0.3) is 0 Å². The third-order valence-electron chi connectivity index (χ3n) is 3.48. The summed E-state index contributed by atoms with van der Waals surface area (Å²) in [5.74, 6) is -2.23. The van der Waals surface area contributed by atoms with Gasteiger partial charge in [0.1, 0.15) is 0 Å². The van der Waals surface area contributed by atoms with Crippen LogP contribution in [0.5, 0.6) is 0 Å². The second-order valence-corrected chi connectivity index (χ2v) is 5.85. The summed E-state index contributed by atoms with van der Waals surface area (Å²) < 4.78 is 59.4. The van der Waals surface area contributed by atoms with Crippen molar-refractivity contribution in [2.75, 3.05) is 13.2 Å². The lowest BCUT2D eigenvalue weighted by molar-refractivity contribution is -0.433. The van der Waals surface area contributed by atoms with Crippen LogP contribution in [0.4, 0.5) is 17.6 Å². The number of carbonyl (C=O) groups excluding carboxylic acids is 1. The zero-order chi connectivity index (χ0) is 16.8.